The van der Waals surface area contributed by atoms with Gasteiger partial charge in [-0.3, -0.25) is 0 Å². The van der Waals surface area contributed by atoms with Crippen molar-refractivity contribution in [3.8, 4) is 5.75 Å². The second kappa shape index (κ2) is 5.34. The van der Waals surface area contributed by atoms with Gasteiger partial charge in [0, 0.05) is 18.0 Å². The van der Waals surface area contributed by atoms with E-state index in [-0.39, 0.29) is 24.1 Å². The summed E-state index contributed by atoms with van der Waals surface area (Å²) in [6.45, 7) is 1.90. The van der Waals surface area contributed by atoms with Crippen LogP contribution >= 0.6 is 0 Å². The van der Waals surface area contributed by atoms with Crippen LogP contribution in [-0.4, -0.2) is 29.4 Å². The first-order chi connectivity index (χ1) is 9.60. The summed E-state index contributed by atoms with van der Waals surface area (Å²) in [5.41, 5.74) is 0.422. The fourth-order valence-corrected chi connectivity index (χ4v) is 3.04. The number of rotatable bonds is 5. The van der Waals surface area contributed by atoms with Gasteiger partial charge in [0.2, 0.25) is 0 Å². The van der Waals surface area contributed by atoms with Crippen LogP contribution in [0.4, 0.5) is 4.39 Å². The van der Waals surface area contributed by atoms with Gasteiger partial charge in [-0.1, -0.05) is 0 Å². The minimum absolute atomic E-state index is 0.0956. The Morgan fingerprint density at radius 2 is 2.20 bits per heavy atom. The first kappa shape index (κ1) is 13.8. The largest absolute Gasteiger partial charge is 0.490 e. The maximum Gasteiger partial charge on any atom is 0.126 e. The molecule has 2 atom stereocenters. The summed E-state index contributed by atoms with van der Waals surface area (Å²) in [4.78, 5) is 0. The van der Waals surface area contributed by atoms with Gasteiger partial charge in [-0.25, -0.2) is 4.39 Å². The van der Waals surface area contributed by atoms with Gasteiger partial charge in [0.15, 0.2) is 0 Å². The van der Waals surface area contributed by atoms with Crippen LogP contribution in [0.3, 0.4) is 0 Å². The summed E-state index contributed by atoms with van der Waals surface area (Å²) in [5, 5.41) is 13.3. The summed E-state index contributed by atoms with van der Waals surface area (Å²) >= 11 is 0. The van der Waals surface area contributed by atoms with Gasteiger partial charge in [-0.2, -0.15) is 0 Å². The second-order valence-electron chi connectivity index (χ2n) is 6.25. The first-order valence-corrected chi connectivity index (χ1v) is 7.42. The SMILES string of the molecule is Cc1cc(OC2CCC(CO)(NC3CC3)C2)ccc1F. The molecule has 110 valence electrons. The number of hydrogen-bond acceptors (Lipinski definition) is 3. The predicted molar refractivity (Wildman–Crippen MR) is 75.4 cm³/mol. The minimum atomic E-state index is -0.205. The highest BCUT2D eigenvalue weighted by Gasteiger charge is 2.42. The van der Waals surface area contributed by atoms with Crippen molar-refractivity contribution in [2.24, 2.45) is 0 Å². The van der Waals surface area contributed by atoms with Crippen molar-refractivity contribution in [1.29, 1.82) is 0 Å². The molecule has 0 spiro atoms. The molecule has 0 amide bonds. The Bertz CT molecular complexity index is 489. The molecule has 0 aromatic heterocycles. The van der Waals surface area contributed by atoms with Crippen molar-refractivity contribution in [1.82, 2.24) is 5.32 Å². The van der Waals surface area contributed by atoms with Crippen molar-refractivity contribution in [3.05, 3.63) is 29.6 Å². The van der Waals surface area contributed by atoms with Crippen LogP contribution in [-0.2, 0) is 0 Å². The lowest BCUT2D eigenvalue weighted by atomic mass is 9.98. The predicted octanol–water partition coefficient (Wildman–Crippen LogP) is 2.55. The van der Waals surface area contributed by atoms with Gasteiger partial charge in [-0.05, 0) is 56.4 Å². The van der Waals surface area contributed by atoms with E-state index in [1.807, 2.05) is 0 Å². The van der Waals surface area contributed by atoms with Crippen LogP contribution in [0.15, 0.2) is 18.2 Å². The number of aryl methyl sites for hydroxylation is 1. The lowest BCUT2D eigenvalue weighted by molar-refractivity contribution is 0.139. The average molecular weight is 279 g/mol. The molecule has 2 saturated carbocycles. The third kappa shape index (κ3) is 2.96. The number of ether oxygens (including phenoxy) is 1. The summed E-state index contributed by atoms with van der Waals surface area (Å²) in [7, 11) is 0. The molecular formula is C16H22FNO2. The number of halogens is 1. The van der Waals surface area contributed by atoms with Gasteiger partial charge >= 0.3 is 0 Å². The standard InChI is InChI=1S/C16H22FNO2/c1-11-8-13(4-5-15(11)17)20-14-6-7-16(9-14,10-19)18-12-2-3-12/h4-5,8,12,14,18-19H,2-3,6-7,9-10H2,1H3. The average Bonchev–Trinajstić information content (AvgIpc) is 3.15. The third-order valence-corrected chi connectivity index (χ3v) is 4.39. The fraction of sp³-hybridized carbons (Fsp3) is 0.625. The van der Waals surface area contributed by atoms with Crippen molar-refractivity contribution in [2.75, 3.05) is 6.61 Å². The zero-order valence-corrected chi connectivity index (χ0v) is 11.9. The molecule has 3 rings (SSSR count). The van der Waals surface area contributed by atoms with E-state index in [1.54, 1.807) is 19.1 Å². The summed E-state index contributed by atoms with van der Waals surface area (Å²) in [6, 6.07) is 5.44. The zero-order chi connectivity index (χ0) is 14.2. The van der Waals surface area contributed by atoms with Gasteiger partial charge in [-0.15, -0.1) is 0 Å². The van der Waals surface area contributed by atoms with Crippen LogP contribution in [0.5, 0.6) is 5.75 Å². The van der Waals surface area contributed by atoms with E-state index >= 15 is 0 Å². The molecule has 4 heteroatoms. The Labute approximate surface area is 119 Å². The molecule has 1 aromatic carbocycles. The molecular weight excluding hydrogens is 257 g/mol. The zero-order valence-electron chi connectivity index (χ0n) is 11.9. The van der Waals surface area contributed by atoms with E-state index < -0.39 is 0 Å². The monoisotopic (exact) mass is 279 g/mol. The maximum atomic E-state index is 13.2. The molecule has 0 radical (unpaired) electrons. The Balaban J connectivity index is 1.62. The molecule has 3 nitrogen and oxygen atoms in total. The van der Waals surface area contributed by atoms with Crippen molar-refractivity contribution < 1.29 is 14.2 Å². The lowest BCUT2D eigenvalue weighted by Crippen LogP contribution is -2.48. The molecule has 2 unspecified atom stereocenters. The van der Waals surface area contributed by atoms with Gasteiger partial charge in [0.1, 0.15) is 17.7 Å². The van der Waals surface area contributed by atoms with E-state index in [4.69, 9.17) is 4.74 Å². The van der Waals surface area contributed by atoms with Crippen molar-refractivity contribution >= 4 is 0 Å². The summed E-state index contributed by atoms with van der Waals surface area (Å²) in [6.07, 6.45) is 5.20. The topological polar surface area (TPSA) is 41.5 Å². The minimum Gasteiger partial charge on any atom is -0.490 e. The van der Waals surface area contributed by atoms with Crippen molar-refractivity contribution in [3.63, 3.8) is 0 Å². The molecule has 2 aliphatic rings. The van der Waals surface area contributed by atoms with E-state index in [0.717, 1.165) is 19.3 Å². The highest BCUT2D eigenvalue weighted by molar-refractivity contribution is 5.29. The third-order valence-electron chi connectivity index (χ3n) is 4.39. The quantitative estimate of drug-likeness (QED) is 0.870. The molecule has 2 N–H and O–H groups in total. The van der Waals surface area contributed by atoms with E-state index in [9.17, 15) is 9.50 Å². The fourth-order valence-electron chi connectivity index (χ4n) is 3.04. The van der Waals surface area contributed by atoms with Gasteiger partial charge in [0.05, 0.1) is 6.61 Å². The molecule has 0 heterocycles. The maximum absolute atomic E-state index is 13.2. The molecule has 1 aromatic rings. The van der Waals surface area contributed by atoms with E-state index in [0.29, 0.717) is 17.4 Å². The Morgan fingerprint density at radius 3 is 2.85 bits per heavy atom. The molecule has 0 aliphatic heterocycles. The number of aliphatic hydroxyl groups excluding tert-OH is 1. The number of benzene rings is 1. The Morgan fingerprint density at radius 1 is 1.40 bits per heavy atom. The van der Waals surface area contributed by atoms with Crippen molar-refractivity contribution in [2.45, 2.75) is 56.7 Å². The van der Waals surface area contributed by atoms with Crippen LogP contribution in [0.2, 0.25) is 0 Å². The number of nitrogens with one attached hydrogen (secondary N) is 1. The molecule has 0 bridgehead atoms. The number of aliphatic hydroxyl groups is 1. The first-order valence-electron chi connectivity index (χ1n) is 7.42. The highest BCUT2D eigenvalue weighted by atomic mass is 19.1. The van der Waals surface area contributed by atoms with Crippen LogP contribution < -0.4 is 10.1 Å². The van der Waals surface area contributed by atoms with Crippen LogP contribution in [0, 0.1) is 12.7 Å². The molecule has 0 saturated heterocycles. The normalized spacial score (nSPS) is 29.6. The van der Waals surface area contributed by atoms with Gasteiger partial charge in [0.25, 0.3) is 0 Å². The Hall–Kier alpha value is -1.13. The van der Waals surface area contributed by atoms with E-state index in [2.05, 4.69) is 5.32 Å². The molecule has 2 aliphatic carbocycles. The Kier molecular flexibility index (Phi) is 3.69. The summed E-state index contributed by atoms with van der Waals surface area (Å²) < 4.78 is 19.2. The molecule has 2 fully saturated rings. The van der Waals surface area contributed by atoms with E-state index in [1.165, 1.54) is 18.9 Å². The van der Waals surface area contributed by atoms with Gasteiger partial charge < -0.3 is 15.2 Å². The smallest absolute Gasteiger partial charge is 0.126 e. The highest BCUT2D eigenvalue weighted by Crippen LogP contribution is 2.35. The van der Waals surface area contributed by atoms with Crippen LogP contribution in [0.1, 0.15) is 37.7 Å². The lowest BCUT2D eigenvalue weighted by Gasteiger charge is -2.28. The summed E-state index contributed by atoms with van der Waals surface area (Å²) in [5.74, 6) is 0.512. The second-order valence-corrected chi connectivity index (χ2v) is 6.25. The number of hydrogen-bond donors (Lipinski definition) is 2. The molecule has 20 heavy (non-hydrogen) atoms. The van der Waals surface area contributed by atoms with Crippen LogP contribution in [0.25, 0.3) is 0 Å².